The van der Waals surface area contributed by atoms with Gasteiger partial charge in [-0.25, -0.2) is 9.97 Å². The van der Waals surface area contributed by atoms with E-state index in [1.54, 1.807) is 0 Å². The van der Waals surface area contributed by atoms with Crippen molar-refractivity contribution in [1.29, 1.82) is 0 Å². The van der Waals surface area contributed by atoms with Crippen LogP contribution in [0.25, 0.3) is 0 Å². The number of fused-ring (bicyclic) bond motifs is 2. The zero-order valence-electron chi connectivity index (χ0n) is 22.7. The van der Waals surface area contributed by atoms with E-state index in [4.69, 9.17) is 14.7 Å². The lowest BCUT2D eigenvalue weighted by molar-refractivity contribution is -0.125. The summed E-state index contributed by atoms with van der Waals surface area (Å²) < 4.78 is 5.12. The normalized spacial score (nSPS) is 21.2. The SMILES string of the molecule is CCOCC(=O)NCCCCN(C)CCC(CC)c1cnc(N2C3CCC2CN(C(C)C)C3)nc1. The molecule has 1 N–H and O–H groups in total. The summed E-state index contributed by atoms with van der Waals surface area (Å²) in [5.74, 6) is 1.38. The predicted octanol–water partition coefficient (Wildman–Crippen LogP) is 3.29. The second-order valence-corrected chi connectivity index (χ2v) is 10.5. The lowest BCUT2D eigenvalue weighted by atomic mass is 9.95. The fraction of sp³-hybridized carbons (Fsp3) is 0.815. The number of anilines is 1. The molecule has 2 saturated heterocycles. The minimum absolute atomic E-state index is 0.0234. The third-order valence-corrected chi connectivity index (χ3v) is 7.68. The van der Waals surface area contributed by atoms with Gasteiger partial charge in [-0.3, -0.25) is 9.69 Å². The minimum atomic E-state index is -0.0234. The smallest absolute Gasteiger partial charge is 0.245 e. The third kappa shape index (κ3) is 8.12. The Morgan fingerprint density at radius 1 is 1.14 bits per heavy atom. The maximum Gasteiger partial charge on any atom is 0.245 e. The van der Waals surface area contributed by atoms with Crippen molar-refractivity contribution in [2.24, 2.45) is 0 Å². The molecule has 1 aromatic rings. The van der Waals surface area contributed by atoms with Gasteiger partial charge in [0, 0.05) is 56.8 Å². The van der Waals surface area contributed by atoms with E-state index in [1.807, 2.05) is 6.92 Å². The van der Waals surface area contributed by atoms with Crippen molar-refractivity contribution >= 4 is 11.9 Å². The zero-order valence-corrected chi connectivity index (χ0v) is 22.7. The average Bonchev–Trinajstić information content (AvgIpc) is 3.11. The molecule has 3 rings (SSSR count). The number of aromatic nitrogens is 2. The number of hydrogen-bond acceptors (Lipinski definition) is 7. The van der Waals surface area contributed by atoms with Gasteiger partial charge in [-0.1, -0.05) is 6.92 Å². The molecule has 2 aliphatic heterocycles. The number of piperazine rings is 1. The molecule has 3 heterocycles. The molecule has 0 aliphatic carbocycles. The maximum absolute atomic E-state index is 11.6. The molecule has 1 aromatic heterocycles. The first-order valence-corrected chi connectivity index (χ1v) is 13.8. The number of hydrogen-bond donors (Lipinski definition) is 1. The Hall–Kier alpha value is -1.77. The topological polar surface area (TPSA) is 73.8 Å². The van der Waals surface area contributed by atoms with E-state index in [0.29, 0.717) is 30.7 Å². The molecule has 0 aromatic carbocycles. The lowest BCUT2D eigenvalue weighted by Gasteiger charge is -2.42. The van der Waals surface area contributed by atoms with Crippen molar-refractivity contribution in [3.05, 3.63) is 18.0 Å². The zero-order chi connectivity index (χ0) is 25.2. The quantitative estimate of drug-likeness (QED) is 0.380. The van der Waals surface area contributed by atoms with Crippen molar-refractivity contribution in [3.8, 4) is 0 Å². The van der Waals surface area contributed by atoms with Crippen LogP contribution in [0.1, 0.15) is 77.7 Å². The molecule has 0 spiro atoms. The van der Waals surface area contributed by atoms with Crippen LogP contribution in [0.15, 0.2) is 12.4 Å². The second-order valence-electron chi connectivity index (χ2n) is 10.5. The van der Waals surface area contributed by atoms with Gasteiger partial charge in [0.1, 0.15) is 6.61 Å². The van der Waals surface area contributed by atoms with Crippen LogP contribution in [0.3, 0.4) is 0 Å². The number of nitrogens with one attached hydrogen (secondary N) is 1. The van der Waals surface area contributed by atoms with Crippen LogP contribution in [-0.2, 0) is 9.53 Å². The standard InChI is InChI=1S/C27H48N6O2/c1-6-22(12-15-31(5)14-9-8-13-28-26(34)20-35-7-2)23-16-29-27(30-17-23)33-24-10-11-25(33)19-32(18-24)21(3)4/h16-17,21-22,24-25H,6-15,18-20H2,1-5H3,(H,28,34). The van der Waals surface area contributed by atoms with Gasteiger partial charge in [0.15, 0.2) is 0 Å². The Kier molecular flexibility index (Phi) is 11.2. The summed E-state index contributed by atoms with van der Waals surface area (Å²) in [7, 11) is 2.19. The van der Waals surface area contributed by atoms with Crippen molar-refractivity contribution in [3.63, 3.8) is 0 Å². The first kappa shape index (κ1) is 27.8. The number of ether oxygens (including phenoxy) is 1. The van der Waals surface area contributed by atoms with E-state index in [2.05, 4.69) is 60.2 Å². The lowest BCUT2D eigenvalue weighted by Crippen LogP contribution is -2.56. The molecule has 8 nitrogen and oxygen atoms in total. The molecule has 35 heavy (non-hydrogen) atoms. The van der Waals surface area contributed by atoms with Crippen molar-refractivity contribution in [2.45, 2.75) is 90.3 Å². The van der Waals surface area contributed by atoms with Gasteiger partial charge in [-0.2, -0.15) is 0 Å². The van der Waals surface area contributed by atoms with Gasteiger partial charge >= 0.3 is 0 Å². The molecule has 3 unspecified atom stereocenters. The Bertz CT molecular complexity index is 745. The number of carbonyl (C=O) groups is 1. The highest BCUT2D eigenvalue weighted by Gasteiger charge is 2.41. The summed E-state index contributed by atoms with van der Waals surface area (Å²) >= 11 is 0. The van der Waals surface area contributed by atoms with Crippen LogP contribution >= 0.6 is 0 Å². The van der Waals surface area contributed by atoms with Gasteiger partial charge < -0.3 is 19.9 Å². The molecule has 198 valence electrons. The Balaban J connectivity index is 1.40. The summed E-state index contributed by atoms with van der Waals surface area (Å²) in [6, 6.07) is 1.71. The molecule has 8 heteroatoms. The molecular formula is C27H48N6O2. The molecule has 2 fully saturated rings. The highest BCUT2D eigenvalue weighted by Crippen LogP contribution is 2.34. The van der Waals surface area contributed by atoms with Crippen molar-refractivity contribution < 1.29 is 9.53 Å². The number of unbranched alkanes of at least 4 members (excludes halogenated alkanes) is 1. The Labute approximate surface area is 212 Å². The molecule has 2 bridgehead atoms. The second kappa shape index (κ2) is 14.1. The van der Waals surface area contributed by atoms with Gasteiger partial charge in [0.2, 0.25) is 11.9 Å². The van der Waals surface area contributed by atoms with E-state index in [0.717, 1.165) is 64.4 Å². The first-order valence-electron chi connectivity index (χ1n) is 13.8. The van der Waals surface area contributed by atoms with Gasteiger partial charge in [0.25, 0.3) is 0 Å². The van der Waals surface area contributed by atoms with Crippen LogP contribution in [0.2, 0.25) is 0 Å². The molecule has 3 atom stereocenters. The largest absolute Gasteiger partial charge is 0.372 e. The maximum atomic E-state index is 11.6. The summed E-state index contributed by atoms with van der Waals surface area (Å²) in [5, 5.41) is 2.91. The van der Waals surface area contributed by atoms with Crippen LogP contribution in [0, 0.1) is 0 Å². The van der Waals surface area contributed by atoms with Crippen LogP contribution in [0.4, 0.5) is 5.95 Å². The minimum Gasteiger partial charge on any atom is -0.372 e. The number of likely N-dealkylation sites (tertiary alicyclic amines) is 1. The summed E-state index contributed by atoms with van der Waals surface area (Å²) in [4.78, 5) is 28.8. The summed E-state index contributed by atoms with van der Waals surface area (Å²) in [5.41, 5.74) is 1.26. The molecule has 1 amide bonds. The van der Waals surface area contributed by atoms with Crippen LogP contribution in [0.5, 0.6) is 0 Å². The highest BCUT2D eigenvalue weighted by atomic mass is 16.5. The molecule has 2 aliphatic rings. The highest BCUT2D eigenvalue weighted by molar-refractivity contribution is 5.77. The van der Waals surface area contributed by atoms with Gasteiger partial charge in [-0.05, 0) is 90.9 Å². The summed E-state index contributed by atoms with van der Waals surface area (Å²) in [6.07, 6.45) is 10.9. The Morgan fingerprint density at radius 3 is 2.43 bits per heavy atom. The van der Waals surface area contributed by atoms with E-state index in [1.165, 1.54) is 18.4 Å². The van der Waals surface area contributed by atoms with Crippen LogP contribution < -0.4 is 10.2 Å². The number of nitrogens with zero attached hydrogens (tertiary/aromatic N) is 5. The summed E-state index contributed by atoms with van der Waals surface area (Å²) in [6.45, 7) is 14.6. The van der Waals surface area contributed by atoms with E-state index in [9.17, 15) is 4.79 Å². The monoisotopic (exact) mass is 488 g/mol. The molecule has 0 saturated carbocycles. The molecular weight excluding hydrogens is 440 g/mol. The molecule has 0 radical (unpaired) electrons. The fourth-order valence-electron chi connectivity index (χ4n) is 5.43. The van der Waals surface area contributed by atoms with E-state index in [-0.39, 0.29) is 12.5 Å². The Morgan fingerprint density at radius 2 is 1.83 bits per heavy atom. The predicted molar refractivity (Wildman–Crippen MR) is 142 cm³/mol. The van der Waals surface area contributed by atoms with Crippen molar-refractivity contribution in [2.75, 3.05) is 57.9 Å². The van der Waals surface area contributed by atoms with Crippen LogP contribution in [-0.4, -0.2) is 96.8 Å². The third-order valence-electron chi connectivity index (χ3n) is 7.68. The van der Waals surface area contributed by atoms with Gasteiger partial charge in [-0.15, -0.1) is 0 Å². The fourth-order valence-corrected chi connectivity index (χ4v) is 5.43. The van der Waals surface area contributed by atoms with E-state index >= 15 is 0 Å². The van der Waals surface area contributed by atoms with Crippen molar-refractivity contribution in [1.82, 2.24) is 25.1 Å². The average molecular weight is 489 g/mol. The first-order chi connectivity index (χ1) is 16.9. The van der Waals surface area contributed by atoms with Gasteiger partial charge in [0.05, 0.1) is 0 Å². The van der Waals surface area contributed by atoms with E-state index < -0.39 is 0 Å². The number of rotatable bonds is 15. The number of carbonyl (C=O) groups excluding carboxylic acids is 1. The number of amides is 1.